The predicted octanol–water partition coefficient (Wildman–Crippen LogP) is 14.1. The van der Waals surface area contributed by atoms with Crippen molar-refractivity contribution >= 4 is 86.7 Å². The topological polar surface area (TPSA) is 35.6 Å². The molecule has 0 unspecified atom stereocenters. The highest BCUT2D eigenvalue weighted by Gasteiger charge is 2.17. The fourth-order valence-electron chi connectivity index (χ4n) is 8.37. The van der Waals surface area contributed by atoms with E-state index in [0.717, 1.165) is 43.6 Å². The van der Waals surface area contributed by atoms with Crippen LogP contribution in [-0.4, -0.2) is 19.1 Å². The summed E-state index contributed by atoms with van der Waals surface area (Å²) in [7, 11) is 0. The van der Waals surface area contributed by atoms with E-state index in [0.29, 0.717) is 0 Å². The molecule has 0 fully saturated rings. The van der Waals surface area contributed by atoms with Crippen molar-refractivity contribution in [3.63, 3.8) is 0 Å². The molecule has 0 aliphatic carbocycles. The van der Waals surface area contributed by atoms with Crippen molar-refractivity contribution in [2.75, 3.05) is 0 Å². The maximum absolute atomic E-state index is 4.95. The van der Waals surface area contributed by atoms with Crippen LogP contribution in [-0.2, 0) is 0 Å². The summed E-state index contributed by atoms with van der Waals surface area (Å²) in [6.45, 7) is 0. The average Bonchev–Trinajstić information content (AvgIpc) is 4.04. The van der Waals surface area contributed by atoms with E-state index in [1.54, 1.807) is 22.7 Å². The van der Waals surface area contributed by atoms with Gasteiger partial charge in [-0.2, -0.15) is 0 Å². The zero-order chi connectivity index (χ0) is 36.7. The maximum atomic E-state index is 4.95. The van der Waals surface area contributed by atoms with E-state index in [1.807, 2.05) is 0 Å². The smallest absolute Gasteiger partial charge is 0.124 e. The van der Waals surface area contributed by atoms with Crippen LogP contribution in [0, 0.1) is 0 Å². The average molecular weight is 751 g/mol. The largest absolute Gasteiger partial charge is 0.309 e. The number of nitrogens with zero attached hydrogens (tertiary/aromatic N) is 4. The van der Waals surface area contributed by atoms with E-state index in [2.05, 4.69) is 191 Å². The molecule has 0 bridgehead atoms. The molecule has 8 aromatic carbocycles. The van der Waals surface area contributed by atoms with Crippen molar-refractivity contribution in [2.45, 2.75) is 0 Å². The Morgan fingerprint density at radius 2 is 0.696 bits per heavy atom. The highest BCUT2D eigenvalue weighted by Crippen LogP contribution is 2.39. The molecule has 56 heavy (non-hydrogen) atoms. The summed E-state index contributed by atoms with van der Waals surface area (Å²) in [5.74, 6) is 0. The lowest BCUT2D eigenvalue weighted by Crippen LogP contribution is -1.95. The van der Waals surface area contributed by atoms with Crippen molar-refractivity contribution in [2.24, 2.45) is 0 Å². The second-order valence-electron chi connectivity index (χ2n) is 14.2. The van der Waals surface area contributed by atoms with Gasteiger partial charge in [-0.25, -0.2) is 9.97 Å². The number of rotatable bonds is 5. The number of para-hydroxylation sites is 4. The number of aromatic nitrogens is 4. The van der Waals surface area contributed by atoms with Gasteiger partial charge in [-0.3, -0.25) is 0 Å². The van der Waals surface area contributed by atoms with E-state index >= 15 is 0 Å². The lowest BCUT2D eigenvalue weighted by atomic mass is 10.0. The molecule has 0 radical (unpaired) electrons. The summed E-state index contributed by atoms with van der Waals surface area (Å²) < 4.78 is 7.18. The molecule has 4 heterocycles. The van der Waals surface area contributed by atoms with Crippen molar-refractivity contribution in [3.05, 3.63) is 182 Å². The van der Waals surface area contributed by atoms with Crippen LogP contribution in [0.3, 0.4) is 0 Å². The van der Waals surface area contributed by atoms with Crippen LogP contribution in [0.5, 0.6) is 0 Å². The van der Waals surface area contributed by atoms with E-state index in [9.17, 15) is 0 Å². The minimum Gasteiger partial charge on any atom is -0.309 e. The van der Waals surface area contributed by atoms with Crippen molar-refractivity contribution in [1.82, 2.24) is 19.1 Å². The normalized spacial score (nSPS) is 11.9. The summed E-state index contributed by atoms with van der Waals surface area (Å²) in [5, 5.41) is 7.04. The van der Waals surface area contributed by atoms with Crippen LogP contribution in [0.4, 0.5) is 0 Å². The van der Waals surface area contributed by atoms with Gasteiger partial charge in [0.05, 0.1) is 42.5 Å². The van der Waals surface area contributed by atoms with Gasteiger partial charge >= 0.3 is 0 Å². The molecule has 0 aliphatic rings. The molecule has 0 saturated carbocycles. The van der Waals surface area contributed by atoms with Gasteiger partial charge in [0.25, 0.3) is 0 Å². The van der Waals surface area contributed by atoms with Crippen molar-refractivity contribution < 1.29 is 0 Å². The monoisotopic (exact) mass is 750 g/mol. The zero-order valence-corrected chi connectivity index (χ0v) is 31.6. The zero-order valence-electron chi connectivity index (χ0n) is 29.9. The number of hydrogen-bond donors (Lipinski definition) is 0. The minimum absolute atomic E-state index is 1.05. The number of fused-ring (bicyclic) bond motifs is 8. The molecule has 4 nitrogen and oxygen atoms in total. The highest BCUT2D eigenvalue weighted by atomic mass is 32.1. The third-order valence-electron chi connectivity index (χ3n) is 11.0. The summed E-state index contributed by atoms with van der Waals surface area (Å²) >= 11 is 3.49. The predicted molar refractivity (Wildman–Crippen MR) is 238 cm³/mol. The van der Waals surface area contributed by atoms with Crippen LogP contribution in [0.2, 0.25) is 0 Å². The summed E-state index contributed by atoms with van der Waals surface area (Å²) in [4.78, 5) is 9.90. The first-order valence-electron chi connectivity index (χ1n) is 18.7. The second-order valence-corrected chi connectivity index (χ2v) is 16.3. The number of benzene rings is 8. The van der Waals surface area contributed by atoms with Crippen LogP contribution >= 0.6 is 22.7 Å². The Labute approximate surface area is 329 Å². The molecular formula is C50H30N4S2. The number of thiazole rings is 2. The first kappa shape index (κ1) is 31.5. The second kappa shape index (κ2) is 12.3. The molecule has 0 saturated heterocycles. The van der Waals surface area contributed by atoms with Gasteiger partial charge in [-0.1, -0.05) is 84.9 Å². The van der Waals surface area contributed by atoms with Crippen LogP contribution < -0.4 is 0 Å². The van der Waals surface area contributed by atoms with Gasteiger partial charge in [0.15, 0.2) is 0 Å². The lowest BCUT2D eigenvalue weighted by Gasteiger charge is -2.11. The maximum Gasteiger partial charge on any atom is 0.124 e. The Morgan fingerprint density at radius 1 is 0.321 bits per heavy atom. The Hall–Kier alpha value is -6.86. The molecule has 12 aromatic rings. The third kappa shape index (κ3) is 4.90. The molecule has 0 atom stereocenters. The molecular weight excluding hydrogens is 721 g/mol. The third-order valence-corrected chi connectivity index (χ3v) is 13.2. The highest BCUT2D eigenvalue weighted by molar-refractivity contribution is 7.22. The van der Waals surface area contributed by atoms with Crippen LogP contribution in [0.1, 0.15) is 0 Å². The number of hydrogen-bond acceptors (Lipinski definition) is 4. The molecule has 0 spiro atoms. The van der Waals surface area contributed by atoms with E-state index in [4.69, 9.17) is 9.97 Å². The van der Waals surface area contributed by atoms with Gasteiger partial charge in [0.1, 0.15) is 10.0 Å². The van der Waals surface area contributed by atoms with E-state index in [-0.39, 0.29) is 0 Å². The molecule has 0 aliphatic heterocycles. The first-order valence-corrected chi connectivity index (χ1v) is 20.4. The van der Waals surface area contributed by atoms with E-state index in [1.165, 1.54) is 64.1 Å². The molecule has 6 heteroatoms. The van der Waals surface area contributed by atoms with Gasteiger partial charge in [0.2, 0.25) is 0 Å². The van der Waals surface area contributed by atoms with Gasteiger partial charge < -0.3 is 9.13 Å². The Kier molecular flexibility index (Phi) is 6.93. The van der Waals surface area contributed by atoms with Gasteiger partial charge in [-0.05, 0) is 108 Å². The summed E-state index contributed by atoms with van der Waals surface area (Å²) in [5.41, 5.74) is 13.8. The Bertz CT molecular complexity index is 3170. The lowest BCUT2D eigenvalue weighted by molar-refractivity contribution is 1.18. The minimum atomic E-state index is 1.05. The van der Waals surface area contributed by atoms with Crippen LogP contribution in [0.25, 0.3) is 108 Å². The van der Waals surface area contributed by atoms with Crippen LogP contribution in [0.15, 0.2) is 182 Å². The quantitative estimate of drug-likeness (QED) is 0.176. The molecule has 0 amide bonds. The molecule has 262 valence electrons. The van der Waals surface area contributed by atoms with Gasteiger partial charge in [0, 0.05) is 44.0 Å². The Balaban J connectivity index is 0.891. The fraction of sp³-hybridized carbons (Fsp3) is 0. The first-order chi connectivity index (χ1) is 27.7. The van der Waals surface area contributed by atoms with Crippen molar-refractivity contribution in [3.8, 4) is 43.6 Å². The fourth-order valence-corrected chi connectivity index (χ4v) is 10.3. The standard InChI is InChI=1S/C50H30N4S2/c1-5-13-43-37(9-1)39-29-33(49-51-41-11-3-7-15-47(41)55-49)21-27-45(39)53(43)35-23-17-31(18-24-35)32-19-25-36(26-20-32)54-44-14-6-2-10-38(44)40-30-34(22-28-46(40)54)50-52-42-12-4-8-16-48(42)56-50/h1-30H. The molecule has 0 N–H and O–H groups in total. The van der Waals surface area contributed by atoms with Crippen molar-refractivity contribution in [1.29, 1.82) is 0 Å². The SMILES string of the molecule is c1ccc2sc(-c3ccc4c(c3)c3ccccc3n4-c3ccc(-c4ccc(-n5c6ccccc6c6cc(-c7nc8ccccc8s7)ccc65)cc4)cc3)nc2c1. The summed E-state index contributed by atoms with van der Waals surface area (Å²) in [6, 6.07) is 65.6. The summed E-state index contributed by atoms with van der Waals surface area (Å²) in [6.07, 6.45) is 0. The van der Waals surface area contributed by atoms with Gasteiger partial charge in [-0.15, -0.1) is 22.7 Å². The van der Waals surface area contributed by atoms with E-state index < -0.39 is 0 Å². The molecule has 12 rings (SSSR count). The molecule has 4 aromatic heterocycles. The Morgan fingerprint density at radius 3 is 1.14 bits per heavy atom.